The Morgan fingerprint density at radius 1 is 0.947 bits per heavy atom. The fraction of sp³-hybridized carbons (Fsp3) is 0.176. The molecule has 19 heavy (non-hydrogen) atoms. The molecular formula is C17H17NO. The van der Waals surface area contributed by atoms with Gasteiger partial charge in [-0.2, -0.15) is 0 Å². The van der Waals surface area contributed by atoms with E-state index in [0.29, 0.717) is 0 Å². The highest BCUT2D eigenvalue weighted by Gasteiger charge is 2.20. The Balaban J connectivity index is 2.31. The summed E-state index contributed by atoms with van der Waals surface area (Å²) in [6, 6.07) is 16.8. The van der Waals surface area contributed by atoms with Gasteiger partial charge in [0, 0.05) is 23.4 Å². The van der Waals surface area contributed by atoms with Crippen molar-refractivity contribution in [3.63, 3.8) is 0 Å². The van der Waals surface area contributed by atoms with Crippen LogP contribution in [-0.4, -0.2) is 13.7 Å². The Morgan fingerprint density at radius 2 is 1.63 bits per heavy atom. The zero-order chi connectivity index (χ0) is 13.2. The van der Waals surface area contributed by atoms with E-state index < -0.39 is 0 Å². The van der Waals surface area contributed by atoms with Crippen molar-refractivity contribution < 1.29 is 4.74 Å². The molecule has 2 aromatic rings. The van der Waals surface area contributed by atoms with Gasteiger partial charge < -0.3 is 9.64 Å². The molecule has 0 saturated carbocycles. The number of ether oxygens (including phenoxy) is 1. The van der Waals surface area contributed by atoms with Crippen molar-refractivity contribution in [3.8, 4) is 0 Å². The summed E-state index contributed by atoms with van der Waals surface area (Å²) in [5.74, 6) is 0.916. The van der Waals surface area contributed by atoms with Gasteiger partial charge >= 0.3 is 0 Å². The lowest BCUT2D eigenvalue weighted by molar-refractivity contribution is 0.373. The Hall–Kier alpha value is -2.22. The Labute approximate surface area is 113 Å². The maximum atomic E-state index is 5.58. The first-order chi connectivity index (χ1) is 9.35. The highest BCUT2D eigenvalue weighted by Crippen LogP contribution is 2.39. The first-order valence-corrected chi connectivity index (χ1v) is 6.56. The van der Waals surface area contributed by atoms with Gasteiger partial charge in [0.15, 0.2) is 0 Å². The highest BCUT2D eigenvalue weighted by atomic mass is 16.5. The molecule has 0 bridgehead atoms. The summed E-state index contributed by atoms with van der Waals surface area (Å²) in [6.07, 6.45) is 2.11. The molecule has 2 nitrogen and oxygen atoms in total. The van der Waals surface area contributed by atoms with E-state index in [4.69, 9.17) is 4.74 Å². The van der Waals surface area contributed by atoms with Crippen LogP contribution in [0.4, 0.5) is 11.4 Å². The third-order valence-corrected chi connectivity index (χ3v) is 3.51. The van der Waals surface area contributed by atoms with Gasteiger partial charge in [0.1, 0.15) is 5.76 Å². The first kappa shape index (κ1) is 11.8. The molecule has 0 amide bonds. The molecule has 0 aromatic heterocycles. The van der Waals surface area contributed by atoms with Crippen molar-refractivity contribution in [2.75, 3.05) is 18.6 Å². The number of anilines is 2. The molecule has 0 radical (unpaired) electrons. The van der Waals surface area contributed by atoms with E-state index in [1.165, 1.54) is 16.9 Å². The van der Waals surface area contributed by atoms with Crippen LogP contribution in [0.15, 0.2) is 48.5 Å². The van der Waals surface area contributed by atoms with Crippen LogP contribution in [0.5, 0.6) is 0 Å². The van der Waals surface area contributed by atoms with Crippen molar-refractivity contribution in [3.05, 3.63) is 59.7 Å². The van der Waals surface area contributed by atoms with Crippen molar-refractivity contribution in [1.82, 2.24) is 0 Å². The molecule has 0 unspecified atom stereocenters. The number of para-hydroxylation sites is 2. The van der Waals surface area contributed by atoms with Crippen LogP contribution in [0.3, 0.4) is 0 Å². The largest absolute Gasteiger partial charge is 0.496 e. The van der Waals surface area contributed by atoms with Gasteiger partial charge in [-0.1, -0.05) is 30.3 Å². The zero-order valence-electron chi connectivity index (χ0n) is 11.3. The minimum atomic E-state index is 0.916. The van der Waals surface area contributed by atoms with Crippen molar-refractivity contribution in [1.29, 1.82) is 0 Å². The lowest BCUT2D eigenvalue weighted by Crippen LogP contribution is -2.17. The molecule has 1 heterocycles. The zero-order valence-corrected chi connectivity index (χ0v) is 11.3. The average molecular weight is 251 g/mol. The molecule has 1 aliphatic heterocycles. The van der Waals surface area contributed by atoms with Crippen LogP contribution in [0.2, 0.25) is 0 Å². The second kappa shape index (κ2) is 4.81. The predicted octanol–water partition coefficient (Wildman–Crippen LogP) is 4.30. The van der Waals surface area contributed by atoms with Crippen molar-refractivity contribution in [2.24, 2.45) is 0 Å². The molecule has 2 aromatic carbocycles. The average Bonchev–Trinajstić information content (AvgIpc) is 2.61. The molecule has 0 fully saturated rings. The molecular weight excluding hydrogens is 234 g/mol. The van der Waals surface area contributed by atoms with Crippen LogP contribution >= 0.6 is 0 Å². The fourth-order valence-electron chi connectivity index (χ4n) is 2.63. The summed E-state index contributed by atoms with van der Waals surface area (Å²) in [7, 11) is 1.73. The summed E-state index contributed by atoms with van der Waals surface area (Å²) < 4.78 is 5.58. The van der Waals surface area contributed by atoms with Crippen LogP contribution in [0.25, 0.3) is 11.8 Å². The Kier molecular flexibility index (Phi) is 3.00. The van der Waals surface area contributed by atoms with E-state index in [9.17, 15) is 0 Å². The number of methoxy groups -OCH3 is 1. The number of benzene rings is 2. The van der Waals surface area contributed by atoms with Gasteiger partial charge in [0.05, 0.1) is 12.8 Å². The topological polar surface area (TPSA) is 12.5 Å². The number of nitrogens with zero attached hydrogens (tertiary/aromatic N) is 1. The molecule has 1 aliphatic rings. The van der Waals surface area contributed by atoms with Gasteiger partial charge in [-0.05, 0) is 31.2 Å². The smallest absolute Gasteiger partial charge is 0.128 e. The molecule has 0 aliphatic carbocycles. The summed E-state index contributed by atoms with van der Waals surface area (Å²) in [4.78, 5) is 2.33. The van der Waals surface area contributed by atoms with Gasteiger partial charge in [0.25, 0.3) is 0 Å². The maximum Gasteiger partial charge on any atom is 0.128 e. The number of fused-ring (bicyclic) bond motifs is 2. The molecule has 2 heteroatoms. The molecule has 0 spiro atoms. The van der Waals surface area contributed by atoms with Gasteiger partial charge in [-0.25, -0.2) is 0 Å². The van der Waals surface area contributed by atoms with E-state index in [1.54, 1.807) is 7.11 Å². The monoisotopic (exact) mass is 251 g/mol. The summed E-state index contributed by atoms with van der Waals surface area (Å²) in [5, 5.41) is 0. The predicted molar refractivity (Wildman–Crippen MR) is 80.4 cm³/mol. The normalized spacial score (nSPS) is 13.2. The molecule has 3 rings (SSSR count). The Bertz CT molecular complexity index is 631. The molecule has 96 valence electrons. The van der Waals surface area contributed by atoms with Crippen molar-refractivity contribution in [2.45, 2.75) is 6.92 Å². The summed E-state index contributed by atoms with van der Waals surface area (Å²) in [5.41, 5.74) is 4.76. The second-order valence-electron chi connectivity index (χ2n) is 4.53. The van der Waals surface area contributed by atoms with E-state index >= 15 is 0 Å². The van der Waals surface area contributed by atoms with Crippen LogP contribution in [0, 0.1) is 0 Å². The summed E-state index contributed by atoms with van der Waals surface area (Å²) >= 11 is 0. The second-order valence-corrected chi connectivity index (χ2v) is 4.53. The molecule has 0 N–H and O–H groups in total. The SMILES string of the molecule is CCN1c2ccccc2C=C(OC)c2ccccc21. The minimum Gasteiger partial charge on any atom is -0.496 e. The van der Waals surface area contributed by atoms with Crippen LogP contribution in [-0.2, 0) is 4.74 Å². The minimum absolute atomic E-state index is 0.916. The van der Waals surface area contributed by atoms with E-state index in [0.717, 1.165) is 17.9 Å². The molecule has 0 atom stereocenters. The third-order valence-electron chi connectivity index (χ3n) is 3.51. The van der Waals surface area contributed by atoms with Crippen LogP contribution in [0.1, 0.15) is 18.1 Å². The standard InChI is InChI=1S/C17H17NO/c1-3-18-15-10-6-4-8-13(15)12-17(19-2)14-9-5-7-11-16(14)18/h4-12H,3H2,1-2H3. The number of rotatable bonds is 2. The lowest BCUT2D eigenvalue weighted by Gasteiger charge is -2.25. The quantitative estimate of drug-likeness (QED) is 0.789. The van der Waals surface area contributed by atoms with E-state index in [-0.39, 0.29) is 0 Å². The fourth-order valence-corrected chi connectivity index (χ4v) is 2.63. The molecule has 0 saturated heterocycles. The summed E-state index contributed by atoms with van der Waals surface area (Å²) in [6.45, 7) is 3.10. The first-order valence-electron chi connectivity index (χ1n) is 6.56. The van der Waals surface area contributed by atoms with Gasteiger partial charge in [0.2, 0.25) is 0 Å². The van der Waals surface area contributed by atoms with E-state index in [2.05, 4.69) is 66.4 Å². The highest BCUT2D eigenvalue weighted by molar-refractivity contribution is 5.92. The number of hydrogen-bond donors (Lipinski definition) is 0. The van der Waals surface area contributed by atoms with Crippen molar-refractivity contribution >= 4 is 23.2 Å². The lowest BCUT2D eigenvalue weighted by atomic mass is 10.1. The van der Waals surface area contributed by atoms with Gasteiger partial charge in [-0.15, -0.1) is 0 Å². The number of hydrogen-bond acceptors (Lipinski definition) is 2. The Morgan fingerprint density at radius 3 is 2.37 bits per heavy atom. The van der Waals surface area contributed by atoms with Gasteiger partial charge in [-0.3, -0.25) is 0 Å². The third kappa shape index (κ3) is 1.89. The maximum absolute atomic E-state index is 5.58. The van der Waals surface area contributed by atoms with E-state index in [1.807, 2.05) is 0 Å². The van der Waals surface area contributed by atoms with Crippen LogP contribution < -0.4 is 4.90 Å².